The summed E-state index contributed by atoms with van der Waals surface area (Å²) in [5.41, 5.74) is 2.03. The lowest BCUT2D eigenvalue weighted by atomic mass is 9.93. The van der Waals surface area contributed by atoms with E-state index in [2.05, 4.69) is 15.5 Å². The average Bonchev–Trinajstić information content (AvgIpc) is 2.49. The van der Waals surface area contributed by atoms with Gasteiger partial charge in [-0.05, 0) is 70.4 Å². The normalized spacial score (nSPS) is 16.1. The van der Waals surface area contributed by atoms with Crippen LogP contribution in [0.4, 0.5) is 5.69 Å². The molecule has 0 spiro atoms. The Labute approximate surface area is 140 Å². The molecular formula is C17H28ClN3O. The van der Waals surface area contributed by atoms with E-state index in [9.17, 15) is 4.79 Å². The number of hydrogen-bond acceptors (Lipinski definition) is 3. The summed E-state index contributed by atoms with van der Waals surface area (Å²) < 4.78 is 0. The molecule has 2 rings (SSSR count). The number of nitrogens with zero attached hydrogens (tertiary/aromatic N) is 1. The van der Waals surface area contributed by atoms with E-state index in [1.54, 1.807) is 0 Å². The van der Waals surface area contributed by atoms with Crippen molar-refractivity contribution in [1.82, 2.24) is 10.2 Å². The van der Waals surface area contributed by atoms with Gasteiger partial charge >= 0.3 is 0 Å². The molecule has 0 bridgehead atoms. The minimum absolute atomic E-state index is 0. The molecule has 1 fully saturated rings. The second-order valence-electron chi connectivity index (χ2n) is 5.97. The van der Waals surface area contributed by atoms with Crippen LogP contribution >= 0.6 is 12.4 Å². The van der Waals surface area contributed by atoms with Crippen LogP contribution in [0, 0.1) is 12.8 Å². The minimum Gasteiger partial charge on any atom is -0.325 e. The van der Waals surface area contributed by atoms with Crippen LogP contribution in [-0.2, 0) is 4.79 Å². The Balaban J connectivity index is 0.00000242. The van der Waals surface area contributed by atoms with Gasteiger partial charge in [0.25, 0.3) is 0 Å². The lowest BCUT2D eigenvalue weighted by molar-refractivity contribution is -0.117. The number of nitrogens with one attached hydrogen (secondary N) is 2. The lowest BCUT2D eigenvalue weighted by Gasteiger charge is -2.31. The number of likely N-dealkylation sites (tertiary alicyclic amines) is 1. The Kier molecular flexibility index (Phi) is 8.46. The van der Waals surface area contributed by atoms with Gasteiger partial charge in [0, 0.05) is 5.69 Å². The Morgan fingerprint density at radius 2 is 1.95 bits per heavy atom. The zero-order valence-electron chi connectivity index (χ0n) is 13.6. The first-order chi connectivity index (χ1) is 10.2. The number of hydrogen-bond donors (Lipinski definition) is 2. The molecule has 124 valence electrons. The van der Waals surface area contributed by atoms with Crippen LogP contribution in [0.15, 0.2) is 24.3 Å². The third kappa shape index (κ3) is 5.95. The van der Waals surface area contributed by atoms with E-state index < -0.39 is 0 Å². The van der Waals surface area contributed by atoms with Gasteiger partial charge in [-0.15, -0.1) is 12.4 Å². The number of anilines is 1. The maximum absolute atomic E-state index is 12.1. The topological polar surface area (TPSA) is 44.4 Å². The molecule has 1 amide bonds. The number of piperidine rings is 1. The maximum Gasteiger partial charge on any atom is 0.238 e. The quantitative estimate of drug-likeness (QED) is 0.845. The SMILES string of the molecule is CNCCC1CCN(CC(=O)Nc2ccccc2C)CC1.Cl. The summed E-state index contributed by atoms with van der Waals surface area (Å²) in [7, 11) is 2.00. The predicted molar refractivity (Wildman–Crippen MR) is 94.8 cm³/mol. The molecule has 1 aromatic carbocycles. The van der Waals surface area contributed by atoms with E-state index in [-0.39, 0.29) is 18.3 Å². The summed E-state index contributed by atoms with van der Waals surface area (Å²) in [5.74, 6) is 0.908. The third-order valence-corrected chi connectivity index (χ3v) is 4.30. The molecule has 1 aliphatic rings. The molecule has 1 aliphatic heterocycles. The van der Waals surface area contributed by atoms with Crippen LogP contribution in [0.1, 0.15) is 24.8 Å². The van der Waals surface area contributed by atoms with Gasteiger partial charge in [0.15, 0.2) is 0 Å². The van der Waals surface area contributed by atoms with Gasteiger partial charge in [-0.2, -0.15) is 0 Å². The lowest BCUT2D eigenvalue weighted by Crippen LogP contribution is -2.39. The smallest absolute Gasteiger partial charge is 0.238 e. The fourth-order valence-electron chi connectivity index (χ4n) is 2.89. The molecule has 0 saturated carbocycles. The van der Waals surface area contributed by atoms with Crippen molar-refractivity contribution >= 4 is 24.0 Å². The van der Waals surface area contributed by atoms with Gasteiger partial charge in [0.05, 0.1) is 6.54 Å². The van der Waals surface area contributed by atoms with Crippen LogP contribution in [0.2, 0.25) is 0 Å². The van der Waals surface area contributed by atoms with Crippen molar-refractivity contribution in [3.8, 4) is 0 Å². The van der Waals surface area contributed by atoms with Crippen LogP contribution in [-0.4, -0.2) is 44.0 Å². The molecule has 0 unspecified atom stereocenters. The minimum atomic E-state index is 0. The number of carbonyl (C=O) groups is 1. The van der Waals surface area contributed by atoms with Gasteiger partial charge in [-0.25, -0.2) is 0 Å². The van der Waals surface area contributed by atoms with Gasteiger partial charge in [-0.3, -0.25) is 9.69 Å². The Morgan fingerprint density at radius 1 is 1.27 bits per heavy atom. The number of amides is 1. The van der Waals surface area contributed by atoms with Crippen molar-refractivity contribution in [2.24, 2.45) is 5.92 Å². The van der Waals surface area contributed by atoms with Crippen molar-refractivity contribution in [3.63, 3.8) is 0 Å². The highest BCUT2D eigenvalue weighted by Gasteiger charge is 2.20. The van der Waals surface area contributed by atoms with Crippen LogP contribution in [0.5, 0.6) is 0 Å². The first-order valence-electron chi connectivity index (χ1n) is 7.91. The molecule has 2 N–H and O–H groups in total. The van der Waals surface area contributed by atoms with E-state index in [0.29, 0.717) is 6.54 Å². The zero-order chi connectivity index (χ0) is 15.1. The fourth-order valence-corrected chi connectivity index (χ4v) is 2.89. The molecule has 1 aromatic rings. The van der Waals surface area contributed by atoms with Crippen LogP contribution in [0.25, 0.3) is 0 Å². The molecule has 0 radical (unpaired) electrons. The highest BCUT2D eigenvalue weighted by atomic mass is 35.5. The Hall–Kier alpha value is -1.10. The summed E-state index contributed by atoms with van der Waals surface area (Å²) >= 11 is 0. The van der Waals surface area contributed by atoms with Crippen molar-refractivity contribution in [2.75, 3.05) is 38.5 Å². The molecule has 0 atom stereocenters. The number of aryl methyl sites for hydroxylation is 1. The largest absolute Gasteiger partial charge is 0.325 e. The molecule has 0 aromatic heterocycles. The molecular weight excluding hydrogens is 298 g/mol. The van der Waals surface area contributed by atoms with Crippen molar-refractivity contribution in [1.29, 1.82) is 0 Å². The van der Waals surface area contributed by atoms with Crippen molar-refractivity contribution < 1.29 is 4.79 Å². The number of carbonyl (C=O) groups excluding carboxylic acids is 1. The predicted octanol–water partition coefficient (Wildman–Crippen LogP) is 2.68. The Morgan fingerprint density at radius 3 is 2.59 bits per heavy atom. The van der Waals surface area contributed by atoms with Crippen LogP contribution < -0.4 is 10.6 Å². The van der Waals surface area contributed by atoms with Crippen molar-refractivity contribution in [2.45, 2.75) is 26.2 Å². The summed E-state index contributed by atoms with van der Waals surface area (Å²) in [4.78, 5) is 14.4. The number of benzene rings is 1. The van der Waals surface area contributed by atoms with E-state index in [1.165, 1.54) is 19.3 Å². The highest BCUT2D eigenvalue weighted by Crippen LogP contribution is 2.20. The third-order valence-electron chi connectivity index (χ3n) is 4.30. The summed E-state index contributed by atoms with van der Waals surface area (Å²) in [6, 6.07) is 7.91. The summed E-state index contributed by atoms with van der Waals surface area (Å²) in [6.45, 7) is 5.69. The highest BCUT2D eigenvalue weighted by molar-refractivity contribution is 5.92. The van der Waals surface area contributed by atoms with E-state index in [0.717, 1.165) is 36.8 Å². The maximum atomic E-state index is 12.1. The number of rotatable bonds is 6. The summed E-state index contributed by atoms with van der Waals surface area (Å²) in [6.07, 6.45) is 3.67. The number of para-hydroxylation sites is 1. The van der Waals surface area contributed by atoms with Crippen LogP contribution in [0.3, 0.4) is 0 Å². The van der Waals surface area contributed by atoms with Crippen molar-refractivity contribution in [3.05, 3.63) is 29.8 Å². The molecule has 22 heavy (non-hydrogen) atoms. The van der Waals surface area contributed by atoms with Gasteiger partial charge in [0.2, 0.25) is 5.91 Å². The standard InChI is InChI=1S/C17H27N3O.ClH/c1-14-5-3-4-6-16(14)19-17(21)13-20-11-8-15(9-12-20)7-10-18-2;/h3-6,15,18H,7-13H2,1-2H3,(H,19,21);1H. The second kappa shape index (κ2) is 9.82. The zero-order valence-corrected chi connectivity index (χ0v) is 14.4. The first kappa shape index (κ1) is 18.9. The molecule has 5 heteroatoms. The molecule has 0 aliphatic carbocycles. The van der Waals surface area contributed by atoms with Gasteiger partial charge in [-0.1, -0.05) is 18.2 Å². The monoisotopic (exact) mass is 325 g/mol. The van der Waals surface area contributed by atoms with E-state index >= 15 is 0 Å². The molecule has 1 saturated heterocycles. The molecule has 4 nitrogen and oxygen atoms in total. The molecule has 1 heterocycles. The fraction of sp³-hybridized carbons (Fsp3) is 0.588. The first-order valence-corrected chi connectivity index (χ1v) is 7.91. The number of halogens is 1. The van der Waals surface area contributed by atoms with E-state index in [4.69, 9.17) is 0 Å². The van der Waals surface area contributed by atoms with E-state index in [1.807, 2.05) is 38.2 Å². The van der Waals surface area contributed by atoms with Gasteiger partial charge in [0.1, 0.15) is 0 Å². The Bertz CT molecular complexity index is 459. The summed E-state index contributed by atoms with van der Waals surface area (Å²) in [5, 5.41) is 6.23. The second-order valence-corrected chi connectivity index (χ2v) is 5.97. The average molecular weight is 326 g/mol. The van der Waals surface area contributed by atoms with Gasteiger partial charge < -0.3 is 10.6 Å².